The first-order valence-electron chi connectivity index (χ1n) is 6.57. The van der Waals surface area contributed by atoms with Crippen LogP contribution in [0.3, 0.4) is 0 Å². The van der Waals surface area contributed by atoms with Crippen LogP contribution in [0.25, 0.3) is 0 Å². The van der Waals surface area contributed by atoms with E-state index in [9.17, 15) is 0 Å². The maximum Gasteiger partial charge on any atom is 0.218 e. The molecular weight excluding hydrogens is 228 g/mol. The zero-order valence-corrected chi connectivity index (χ0v) is 11.4. The average Bonchev–Trinajstić information content (AvgIpc) is 3.14. The minimum Gasteiger partial charge on any atom is -0.478 e. The first-order valence-corrected chi connectivity index (χ1v) is 6.57. The lowest BCUT2D eigenvalue weighted by molar-refractivity contribution is 0.325. The van der Waals surface area contributed by atoms with Crippen LogP contribution in [0.4, 0.5) is 5.82 Å². The van der Waals surface area contributed by atoms with Gasteiger partial charge in [-0.2, -0.15) is 4.98 Å². The van der Waals surface area contributed by atoms with E-state index in [1.54, 1.807) is 0 Å². The van der Waals surface area contributed by atoms with E-state index in [1.165, 1.54) is 12.8 Å². The summed E-state index contributed by atoms with van der Waals surface area (Å²) in [5, 5.41) is 0. The maximum absolute atomic E-state index is 5.87. The molecule has 0 bridgehead atoms. The lowest BCUT2D eigenvalue weighted by Crippen LogP contribution is -2.40. The molecule has 0 saturated heterocycles. The van der Waals surface area contributed by atoms with Gasteiger partial charge in [-0.05, 0) is 32.6 Å². The Labute approximate surface area is 108 Å². The molecule has 0 aliphatic heterocycles. The predicted molar refractivity (Wildman–Crippen MR) is 71.9 cm³/mol. The van der Waals surface area contributed by atoms with Gasteiger partial charge in [-0.25, -0.2) is 4.98 Å². The first kappa shape index (κ1) is 13.1. The molecule has 1 saturated carbocycles. The van der Waals surface area contributed by atoms with Crippen LogP contribution in [-0.4, -0.2) is 36.2 Å². The molecule has 1 heterocycles. The van der Waals surface area contributed by atoms with Gasteiger partial charge in [0.1, 0.15) is 11.6 Å². The Kier molecular flexibility index (Phi) is 4.01. The second-order valence-corrected chi connectivity index (χ2v) is 4.80. The van der Waals surface area contributed by atoms with Crippen molar-refractivity contribution in [3.8, 4) is 5.88 Å². The summed E-state index contributed by atoms with van der Waals surface area (Å²) in [6.45, 7) is 5.11. The highest BCUT2D eigenvalue weighted by atomic mass is 16.5. The maximum atomic E-state index is 5.87. The monoisotopic (exact) mass is 250 g/mol. The molecule has 5 nitrogen and oxygen atoms in total. The molecule has 1 unspecified atom stereocenters. The molecule has 1 aliphatic rings. The van der Waals surface area contributed by atoms with Gasteiger partial charge in [0.05, 0.1) is 6.61 Å². The summed E-state index contributed by atoms with van der Waals surface area (Å²) in [6, 6.07) is 2.26. The molecule has 0 aromatic carbocycles. The summed E-state index contributed by atoms with van der Waals surface area (Å²) in [5.74, 6) is 2.98. The summed E-state index contributed by atoms with van der Waals surface area (Å²) in [5.41, 5.74) is 5.87. The molecule has 2 N–H and O–H groups in total. The fraction of sp³-hybridized carbons (Fsp3) is 0.692. The average molecular weight is 250 g/mol. The van der Waals surface area contributed by atoms with Gasteiger partial charge in [0.15, 0.2) is 0 Å². The number of nitrogens with two attached hydrogens (primary N) is 1. The van der Waals surface area contributed by atoms with E-state index in [-0.39, 0.29) is 0 Å². The fourth-order valence-electron chi connectivity index (χ4n) is 2.25. The van der Waals surface area contributed by atoms with Crippen LogP contribution >= 0.6 is 0 Å². The quantitative estimate of drug-likeness (QED) is 0.826. The van der Waals surface area contributed by atoms with Crippen LogP contribution in [0.15, 0.2) is 6.07 Å². The first-order chi connectivity index (χ1) is 8.65. The predicted octanol–water partition coefficient (Wildman–Crippen LogP) is 1.36. The number of anilines is 1. The molecule has 1 aromatic rings. The second-order valence-electron chi connectivity index (χ2n) is 4.80. The Hall–Kier alpha value is -1.36. The minimum absolute atomic E-state index is 0.369. The van der Waals surface area contributed by atoms with Gasteiger partial charge in [-0.15, -0.1) is 0 Å². The molecule has 2 rings (SSSR count). The number of aryl methyl sites for hydroxylation is 1. The van der Waals surface area contributed by atoms with Crippen molar-refractivity contribution >= 4 is 5.82 Å². The molecule has 0 amide bonds. The number of nitrogens with zero attached hydrogens (tertiary/aromatic N) is 3. The van der Waals surface area contributed by atoms with E-state index in [2.05, 4.69) is 14.9 Å². The molecule has 1 aliphatic carbocycles. The number of hydrogen-bond acceptors (Lipinski definition) is 5. The van der Waals surface area contributed by atoms with Gasteiger partial charge in [-0.3, -0.25) is 0 Å². The molecule has 0 radical (unpaired) electrons. The highest BCUT2D eigenvalue weighted by Crippen LogP contribution is 2.36. The summed E-state index contributed by atoms with van der Waals surface area (Å²) >= 11 is 0. The third kappa shape index (κ3) is 2.90. The second kappa shape index (κ2) is 5.52. The summed E-state index contributed by atoms with van der Waals surface area (Å²) in [7, 11) is 2.05. The van der Waals surface area contributed by atoms with Gasteiger partial charge in [0.2, 0.25) is 5.88 Å². The van der Waals surface area contributed by atoms with Gasteiger partial charge >= 0.3 is 0 Å². The van der Waals surface area contributed by atoms with E-state index < -0.39 is 0 Å². The van der Waals surface area contributed by atoms with Crippen LogP contribution in [-0.2, 0) is 0 Å². The Balaban J connectivity index is 2.19. The number of likely N-dealkylation sites (N-methyl/N-ethyl adjacent to an activating group) is 1. The van der Waals surface area contributed by atoms with Crippen molar-refractivity contribution < 1.29 is 4.74 Å². The van der Waals surface area contributed by atoms with Crippen LogP contribution in [0.5, 0.6) is 5.88 Å². The molecule has 0 spiro atoms. The lowest BCUT2D eigenvalue weighted by atomic mass is 10.1. The van der Waals surface area contributed by atoms with E-state index >= 15 is 0 Å². The number of hydrogen-bond donors (Lipinski definition) is 1. The molecule has 100 valence electrons. The highest BCUT2D eigenvalue weighted by molar-refractivity contribution is 5.42. The van der Waals surface area contributed by atoms with Crippen molar-refractivity contribution in [1.29, 1.82) is 0 Å². The van der Waals surface area contributed by atoms with E-state index in [0.717, 1.165) is 11.6 Å². The highest BCUT2D eigenvalue weighted by Gasteiger charge is 2.33. The Morgan fingerprint density at radius 1 is 1.50 bits per heavy atom. The van der Waals surface area contributed by atoms with E-state index in [1.807, 2.05) is 27.0 Å². The molecule has 5 heteroatoms. The van der Waals surface area contributed by atoms with Crippen molar-refractivity contribution in [3.05, 3.63) is 11.9 Å². The molecule has 1 atom stereocenters. The number of aromatic nitrogens is 2. The fourth-order valence-corrected chi connectivity index (χ4v) is 2.25. The minimum atomic E-state index is 0.369. The van der Waals surface area contributed by atoms with Gasteiger partial charge in [-0.1, -0.05) is 0 Å². The Morgan fingerprint density at radius 3 is 2.78 bits per heavy atom. The van der Waals surface area contributed by atoms with Crippen molar-refractivity contribution in [2.45, 2.75) is 32.7 Å². The Morgan fingerprint density at radius 2 is 2.22 bits per heavy atom. The van der Waals surface area contributed by atoms with Crippen LogP contribution in [0.1, 0.15) is 25.6 Å². The Bertz CT molecular complexity index is 406. The van der Waals surface area contributed by atoms with E-state index in [4.69, 9.17) is 10.5 Å². The zero-order chi connectivity index (χ0) is 13.1. The summed E-state index contributed by atoms with van der Waals surface area (Å²) in [6.07, 6.45) is 2.54. The zero-order valence-electron chi connectivity index (χ0n) is 11.4. The topological polar surface area (TPSA) is 64.3 Å². The van der Waals surface area contributed by atoms with Gasteiger partial charge < -0.3 is 15.4 Å². The van der Waals surface area contributed by atoms with Crippen molar-refractivity contribution in [1.82, 2.24) is 9.97 Å². The third-order valence-corrected chi connectivity index (χ3v) is 3.36. The molecule has 18 heavy (non-hydrogen) atoms. The van der Waals surface area contributed by atoms with Crippen molar-refractivity contribution in [2.75, 3.05) is 25.1 Å². The van der Waals surface area contributed by atoms with Gasteiger partial charge in [0, 0.05) is 25.7 Å². The van der Waals surface area contributed by atoms with Crippen LogP contribution < -0.4 is 15.4 Å². The number of rotatable bonds is 6. The largest absolute Gasteiger partial charge is 0.478 e. The molecular formula is C13H22N4O. The standard InChI is InChI=1S/C13H22N4O/c1-4-18-13-7-12(15-9(2)16-13)17(3)11(8-14)10-5-6-10/h7,10-11H,4-6,8,14H2,1-3H3. The molecule has 1 aromatic heterocycles. The van der Waals surface area contributed by atoms with Gasteiger partial charge in [0.25, 0.3) is 0 Å². The summed E-state index contributed by atoms with van der Waals surface area (Å²) in [4.78, 5) is 10.9. The lowest BCUT2D eigenvalue weighted by Gasteiger charge is -2.28. The normalized spacial score (nSPS) is 16.4. The molecule has 1 fully saturated rings. The van der Waals surface area contributed by atoms with Crippen LogP contribution in [0, 0.1) is 12.8 Å². The SMILES string of the molecule is CCOc1cc(N(C)C(CN)C2CC2)nc(C)n1. The number of ether oxygens (including phenoxy) is 1. The van der Waals surface area contributed by atoms with E-state index in [0.29, 0.717) is 31.0 Å². The van der Waals surface area contributed by atoms with Crippen LogP contribution in [0.2, 0.25) is 0 Å². The van der Waals surface area contributed by atoms with Crippen molar-refractivity contribution in [2.24, 2.45) is 11.7 Å². The third-order valence-electron chi connectivity index (χ3n) is 3.36. The smallest absolute Gasteiger partial charge is 0.218 e. The summed E-state index contributed by atoms with van der Waals surface area (Å²) < 4.78 is 5.46. The van der Waals surface area contributed by atoms with Crippen molar-refractivity contribution in [3.63, 3.8) is 0 Å².